The van der Waals surface area contributed by atoms with Crippen LogP contribution in [0.5, 0.6) is 5.75 Å². The maximum Gasteiger partial charge on any atom is 0.351 e. The second-order valence-corrected chi connectivity index (χ2v) is 11.3. The Labute approximate surface area is 211 Å². The number of ether oxygens (including phenoxy) is 1. The van der Waals surface area contributed by atoms with Gasteiger partial charge in [0, 0.05) is 6.54 Å². The average molecular weight is 560 g/mol. The highest BCUT2D eigenvalue weighted by Gasteiger charge is 2.52. The van der Waals surface area contributed by atoms with Gasteiger partial charge in [-0.3, -0.25) is 9.59 Å². The zero-order valence-electron chi connectivity index (χ0n) is 20.3. The molecule has 0 saturated carbocycles. The summed E-state index contributed by atoms with van der Waals surface area (Å²) >= 11 is 0. The molecule has 1 heterocycles. The third kappa shape index (κ3) is 7.74. The van der Waals surface area contributed by atoms with Gasteiger partial charge >= 0.3 is 5.92 Å². The minimum absolute atomic E-state index is 0.0877. The lowest BCUT2D eigenvalue weighted by Gasteiger charge is -2.32. The molecule has 1 aliphatic heterocycles. The van der Waals surface area contributed by atoms with E-state index in [-0.39, 0.29) is 18.7 Å². The van der Waals surface area contributed by atoms with E-state index in [1.807, 2.05) is 0 Å². The van der Waals surface area contributed by atoms with Crippen LogP contribution in [0.15, 0.2) is 24.3 Å². The number of aliphatic hydroxyl groups is 1. The number of hydrogen-bond donors (Lipinski definition) is 4. The van der Waals surface area contributed by atoms with Crippen molar-refractivity contribution in [2.24, 2.45) is 5.92 Å². The minimum atomic E-state index is -4.73. The first kappa shape index (κ1) is 30.7. The SMILES string of the molecule is COc1ccc(CS(=O)(=O)[C@H]2CN[C@H](C(=O)N[C@@H](C(C)C)[C@@H](O)C(F)(F)C(=O)NC(F)C(F)F)C2)cc1. The van der Waals surface area contributed by atoms with E-state index in [9.17, 15) is 45.1 Å². The molecule has 2 amide bonds. The summed E-state index contributed by atoms with van der Waals surface area (Å²) in [6.07, 6.45) is -10.2. The van der Waals surface area contributed by atoms with Crippen molar-refractivity contribution in [1.82, 2.24) is 16.0 Å². The highest BCUT2D eigenvalue weighted by Crippen LogP contribution is 2.26. The zero-order chi connectivity index (χ0) is 28.1. The molecule has 9 nitrogen and oxygen atoms in total. The number of halogens is 5. The van der Waals surface area contributed by atoms with E-state index in [4.69, 9.17) is 4.74 Å². The number of amides is 2. The van der Waals surface area contributed by atoms with Gasteiger partial charge in [-0.15, -0.1) is 0 Å². The summed E-state index contributed by atoms with van der Waals surface area (Å²) in [7, 11) is -2.25. The molecule has 1 aliphatic rings. The van der Waals surface area contributed by atoms with Gasteiger partial charge in [0.15, 0.2) is 9.84 Å². The topological polar surface area (TPSA) is 134 Å². The smallest absolute Gasteiger partial charge is 0.351 e. The van der Waals surface area contributed by atoms with Gasteiger partial charge in [0.25, 0.3) is 12.3 Å². The molecule has 1 fully saturated rings. The molecule has 1 saturated heterocycles. The largest absolute Gasteiger partial charge is 0.497 e. The summed E-state index contributed by atoms with van der Waals surface area (Å²) in [6, 6.07) is 3.50. The van der Waals surface area contributed by atoms with E-state index in [0.717, 1.165) is 5.32 Å². The molecule has 37 heavy (non-hydrogen) atoms. The standard InChI is InChI=1S/C22H30F5N3O6S/c1-11(2)16(17(31)22(26,27)21(33)30-19(25)18(23)24)29-20(32)15-8-14(9-28-15)37(34,35)10-12-4-6-13(36-3)7-5-12/h4-7,11,14-19,28,31H,8-10H2,1-3H3,(H,29,32)(H,30,33)/t14-,15+,16+,17-,19?/m1/s1. The van der Waals surface area contributed by atoms with Gasteiger partial charge in [0.2, 0.25) is 12.2 Å². The molecule has 0 aliphatic carbocycles. The van der Waals surface area contributed by atoms with Crippen LogP contribution in [0.3, 0.4) is 0 Å². The number of rotatable bonds is 12. The number of carbonyl (C=O) groups excluding carboxylic acids is 2. The van der Waals surface area contributed by atoms with Gasteiger partial charge in [-0.25, -0.2) is 21.6 Å². The van der Waals surface area contributed by atoms with Crippen molar-refractivity contribution in [3.05, 3.63) is 29.8 Å². The monoisotopic (exact) mass is 559 g/mol. The third-order valence-corrected chi connectivity index (χ3v) is 8.08. The van der Waals surface area contributed by atoms with Crippen LogP contribution in [0.25, 0.3) is 0 Å². The molecule has 1 aromatic carbocycles. The Kier molecular flexibility index (Phi) is 10.2. The third-order valence-electron chi connectivity index (χ3n) is 5.97. The van der Waals surface area contributed by atoms with Crippen molar-refractivity contribution in [2.75, 3.05) is 13.7 Å². The van der Waals surface area contributed by atoms with E-state index >= 15 is 0 Å². The fraction of sp³-hybridized carbons (Fsp3) is 0.636. The molecule has 15 heteroatoms. The van der Waals surface area contributed by atoms with Gasteiger partial charge in [-0.1, -0.05) is 26.0 Å². The van der Waals surface area contributed by atoms with Crippen LogP contribution in [0, 0.1) is 5.92 Å². The van der Waals surface area contributed by atoms with Crippen molar-refractivity contribution in [1.29, 1.82) is 0 Å². The Bertz CT molecular complexity index is 1040. The molecular formula is C22H30F5N3O6S. The van der Waals surface area contributed by atoms with Crippen molar-refractivity contribution in [2.45, 2.75) is 68.1 Å². The number of hydrogen-bond acceptors (Lipinski definition) is 7. The Balaban J connectivity index is 2.05. The van der Waals surface area contributed by atoms with Crippen LogP contribution in [0.2, 0.25) is 0 Å². The molecule has 1 unspecified atom stereocenters. The van der Waals surface area contributed by atoms with Crippen LogP contribution in [-0.4, -0.2) is 81.1 Å². The summed E-state index contributed by atoms with van der Waals surface area (Å²) < 4.78 is 97.1. The normalized spacial score (nSPS) is 20.9. The Hall–Kier alpha value is -2.52. The Morgan fingerprint density at radius 2 is 1.76 bits per heavy atom. The van der Waals surface area contributed by atoms with E-state index < -0.39 is 69.7 Å². The molecule has 2 rings (SSSR count). The van der Waals surface area contributed by atoms with Crippen LogP contribution in [0.4, 0.5) is 22.0 Å². The summed E-state index contributed by atoms with van der Waals surface area (Å²) in [6.45, 7) is 2.59. The fourth-order valence-corrected chi connectivity index (χ4v) is 5.50. The summed E-state index contributed by atoms with van der Waals surface area (Å²) in [5.41, 5.74) is 0.500. The number of sulfone groups is 1. The van der Waals surface area contributed by atoms with Gasteiger partial charge < -0.3 is 25.8 Å². The van der Waals surface area contributed by atoms with Gasteiger partial charge in [0.1, 0.15) is 11.9 Å². The van der Waals surface area contributed by atoms with E-state index in [1.165, 1.54) is 21.0 Å². The van der Waals surface area contributed by atoms with Gasteiger partial charge in [0.05, 0.1) is 30.2 Å². The van der Waals surface area contributed by atoms with Crippen molar-refractivity contribution < 1.29 is 49.8 Å². The lowest BCUT2D eigenvalue weighted by molar-refractivity contribution is -0.172. The number of nitrogens with one attached hydrogen (secondary N) is 3. The number of methoxy groups -OCH3 is 1. The number of carbonyl (C=O) groups is 2. The molecule has 0 spiro atoms. The first-order chi connectivity index (χ1) is 17.1. The summed E-state index contributed by atoms with van der Waals surface area (Å²) in [5, 5.41) is 14.8. The summed E-state index contributed by atoms with van der Waals surface area (Å²) in [4.78, 5) is 24.4. The van der Waals surface area contributed by atoms with E-state index in [0.29, 0.717) is 11.3 Å². The predicted molar refractivity (Wildman–Crippen MR) is 123 cm³/mol. The molecule has 0 bridgehead atoms. The molecule has 210 valence electrons. The average Bonchev–Trinajstić information content (AvgIpc) is 3.33. The summed E-state index contributed by atoms with van der Waals surface area (Å²) in [5.74, 6) is -8.76. The second-order valence-electron chi connectivity index (χ2n) is 9.03. The van der Waals surface area contributed by atoms with Crippen LogP contribution < -0.4 is 20.7 Å². The van der Waals surface area contributed by atoms with Crippen LogP contribution in [-0.2, 0) is 25.2 Å². The van der Waals surface area contributed by atoms with E-state index in [2.05, 4.69) is 10.6 Å². The number of alkyl halides is 5. The molecule has 0 radical (unpaired) electrons. The Morgan fingerprint density at radius 3 is 2.27 bits per heavy atom. The van der Waals surface area contributed by atoms with Gasteiger partial charge in [-0.2, -0.15) is 8.78 Å². The highest BCUT2D eigenvalue weighted by molar-refractivity contribution is 7.91. The maximum atomic E-state index is 14.4. The number of aliphatic hydroxyl groups excluding tert-OH is 1. The van der Waals surface area contributed by atoms with Gasteiger partial charge in [-0.05, 0) is 30.0 Å². The molecule has 1 aromatic rings. The first-order valence-corrected chi connectivity index (χ1v) is 13.0. The quantitative estimate of drug-likeness (QED) is 0.223. The first-order valence-electron chi connectivity index (χ1n) is 11.3. The van der Waals surface area contributed by atoms with Crippen molar-refractivity contribution in [3.8, 4) is 5.75 Å². The van der Waals surface area contributed by atoms with Crippen molar-refractivity contribution in [3.63, 3.8) is 0 Å². The van der Waals surface area contributed by atoms with E-state index in [1.54, 1.807) is 24.3 Å². The number of benzene rings is 1. The molecule has 4 N–H and O–H groups in total. The Morgan fingerprint density at radius 1 is 1.16 bits per heavy atom. The molecular weight excluding hydrogens is 529 g/mol. The fourth-order valence-electron chi connectivity index (χ4n) is 3.77. The zero-order valence-corrected chi connectivity index (χ0v) is 21.1. The lowest BCUT2D eigenvalue weighted by atomic mass is 9.93. The lowest BCUT2D eigenvalue weighted by Crippen LogP contribution is -2.61. The predicted octanol–water partition coefficient (Wildman–Crippen LogP) is 1.15. The second kappa shape index (κ2) is 12.3. The maximum absolute atomic E-state index is 14.4. The molecule has 0 aromatic heterocycles. The van der Waals surface area contributed by atoms with Crippen molar-refractivity contribution >= 4 is 21.7 Å². The molecule has 5 atom stereocenters. The van der Waals surface area contributed by atoms with Crippen LogP contribution >= 0.6 is 0 Å². The van der Waals surface area contributed by atoms with Crippen LogP contribution in [0.1, 0.15) is 25.8 Å². The highest BCUT2D eigenvalue weighted by atomic mass is 32.2. The minimum Gasteiger partial charge on any atom is -0.497 e.